The molecule has 0 bridgehead atoms. The normalized spacial score (nSPS) is 49.7. The predicted octanol–water partition coefficient (Wildman–Crippen LogP) is 5.70. The number of ketones is 1. The van der Waals surface area contributed by atoms with Gasteiger partial charge in [0.25, 0.3) is 0 Å². The summed E-state index contributed by atoms with van der Waals surface area (Å²) in [6, 6.07) is 0.737. The van der Waals surface area contributed by atoms with E-state index in [2.05, 4.69) is 58.9 Å². The van der Waals surface area contributed by atoms with Gasteiger partial charge in [0.05, 0.1) is 0 Å². The first-order valence-corrected chi connectivity index (χ1v) is 14.2. The summed E-state index contributed by atoms with van der Waals surface area (Å²) in [6.45, 7) is 16.2. The van der Waals surface area contributed by atoms with Gasteiger partial charge in [-0.15, -0.1) is 0 Å². The summed E-state index contributed by atoms with van der Waals surface area (Å²) in [7, 11) is 4.41. The highest BCUT2D eigenvalue weighted by molar-refractivity contribution is 5.92. The summed E-state index contributed by atoms with van der Waals surface area (Å²) in [5.74, 6) is 2.49. The van der Waals surface area contributed by atoms with Crippen LogP contribution in [0.1, 0.15) is 99.8 Å². The predicted molar refractivity (Wildman–Crippen MR) is 137 cm³/mol. The second kappa shape index (κ2) is 7.33. The van der Waals surface area contributed by atoms with E-state index < -0.39 is 0 Å². The lowest BCUT2D eigenvalue weighted by Gasteiger charge is -2.63. The van der Waals surface area contributed by atoms with Crippen LogP contribution in [0.5, 0.6) is 0 Å². The minimum atomic E-state index is -0.0787. The molecule has 5 rings (SSSR count). The van der Waals surface area contributed by atoms with Crippen molar-refractivity contribution in [2.45, 2.75) is 112 Å². The van der Waals surface area contributed by atoms with Crippen LogP contribution in [0.3, 0.4) is 0 Å². The number of hydrogen-bond acceptors (Lipinski definition) is 3. The maximum atomic E-state index is 14.3. The molecule has 5 saturated carbocycles. The molecule has 0 aromatic rings. The van der Waals surface area contributed by atoms with E-state index in [4.69, 9.17) is 0 Å². The lowest BCUT2D eigenvalue weighted by molar-refractivity contribution is -0.170. The van der Waals surface area contributed by atoms with Crippen molar-refractivity contribution >= 4 is 11.7 Å². The van der Waals surface area contributed by atoms with E-state index in [1.165, 1.54) is 25.7 Å². The van der Waals surface area contributed by atoms with Crippen LogP contribution in [-0.2, 0) is 9.59 Å². The van der Waals surface area contributed by atoms with Gasteiger partial charge >= 0.3 is 0 Å². The number of rotatable bonds is 4. The number of Topliss-reactive ketones (excluding diaryl/α,β-unsaturated/α-hetero) is 1. The fraction of sp³-hybridized carbons (Fsp3) is 0.933. The van der Waals surface area contributed by atoms with E-state index >= 15 is 0 Å². The van der Waals surface area contributed by atoms with Gasteiger partial charge in [-0.2, -0.15) is 0 Å². The molecule has 9 unspecified atom stereocenters. The van der Waals surface area contributed by atoms with Gasteiger partial charge < -0.3 is 10.2 Å². The van der Waals surface area contributed by atoms with E-state index in [0.29, 0.717) is 29.6 Å². The van der Waals surface area contributed by atoms with Crippen LogP contribution >= 0.6 is 0 Å². The fourth-order valence-corrected chi connectivity index (χ4v) is 10.8. The van der Waals surface area contributed by atoms with Crippen LogP contribution < -0.4 is 5.32 Å². The molecular formula is C30H50N2O2. The minimum Gasteiger partial charge on any atom is -0.353 e. The Hall–Kier alpha value is -0.900. The Morgan fingerprint density at radius 1 is 0.941 bits per heavy atom. The summed E-state index contributed by atoms with van der Waals surface area (Å²) < 4.78 is 0. The van der Waals surface area contributed by atoms with E-state index in [-0.39, 0.29) is 44.9 Å². The molecule has 4 heteroatoms. The van der Waals surface area contributed by atoms with Crippen molar-refractivity contribution in [3.63, 3.8) is 0 Å². The Morgan fingerprint density at radius 2 is 1.59 bits per heavy atom. The lowest BCUT2D eigenvalue weighted by atomic mass is 9.41. The zero-order chi connectivity index (χ0) is 25.1. The number of fused-ring (bicyclic) bond motifs is 2. The number of carbonyl (C=O) groups excluding carboxylic acids is 2. The Kier molecular flexibility index (Phi) is 5.34. The van der Waals surface area contributed by atoms with Crippen molar-refractivity contribution in [3.8, 4) is 0 Å². The number of hydrogen-bond donors (Lipinski definition) is 1. The standard InChI is InChI=1S/C30H50N2O2/c1-18(2)25(34)31-23-13-15-29-17-30(29)22(11-10-21(29)26(23,4)5)27(6)14-12-20(19(3)32(8)9)28(27,7)16-24(30)33/h18-23H,10-17H2,1-9H3,(H,31,34). The van der Waals surface area contributed by atoms with Gasteiger partial charge in [-0.05, 0) is 105 Å². The van der Waals surface area contributed by atoms with Crippen molar-refractivity contribution in [1.29, 1.82) is 0 Å². The first-order chi connectivity index (χ1) is 15.7. The molecule has 0 radical (unpaired) electrons. The molecule has 0 saturated heterocycles. The summed E-state index contributed by atoms with van der Waals surface area (Å²) in [5, 5.41) is 3.41. The largest absolute Gasteiger partial charge is 0.353 e. The van der Waals surface area contributed by atoms with Crippen molar-refractivity contribution in [2.24, 2.45) is 50.7 Å². The Labute approximate surface area is 208 Å². The Bertz CT molecular complexity index is 894. The average Bonchev–Trinajstić information content (AvgIpc) is 3.36. The number of nitrogens with one attached hydrogen (secondary N) is 1. The number of nitrogens with zero attached hydrogens (tertiary/aromatic N) is 1. The quantitative estimate of drug-likeness (QED) is 0.574. The highest BCUT2D eigenvalue weighted by Gasteiger charge is 2.85. The summed E-state index contributed by atoms with van der Waals surface area (Å²) >= 11 is 0. The molecule has 192 valence electrons. The highest BCUT2D eigenvalue weighted by Crippen LogP contribution is 2.87. The second-order valence-corrected chi connectivity index (χ2v) is 14.8. The Morgan fingerprint density at radius 3 is 2.21 bits per heavy atom. The first-order valence-electron chi connectivity index (χ1n) is 14.2. The molecule has 0 aromatic heterocycles. The summed E-state index contributed by atoms with van der Waals surface area (Å²) in [6.07, 6.45) is 9.02. The maximum absolute atomic E-state index is 14.3. The van der Waals surface area contributed by atoms with Crippen molar-refractivity contribution in [3.05, 3.63) is 0 Å². The van der Waals surface area contributed by atoms with Crippen LogP contribution in [0.15, 0.2) is 0 Å². The zero-order valence-electron chi connectivity index (χ0n) is 23.4. The van der Waals surface area contributed by atoms with Gasteiger partial charge in [0, 0.05) is 29.8 Å². The van der Waals surface area contributed by atoms with Crippen LogP contribution in [0.4, 0.5) is 0 Å². The summed E-state index contributed by atoms with van der Waals surface area (Å²) in [5.41, 5.74) is 0.516. The van der Waals surface area contributed by atoms with E-state index in [1.807, 2.05) is 13.8 Å². The average molecular weight is 471 g/mol. The first kappa shape index (κ1) is 24.8. The van der Waals surface area contributed by atoms with Gasteiger partial charge in [-0.25, -0.2) is 0 Å². The molecule has 5 aliphatic rings. The van der Waals surface area contributed by atoms with E-state index in [1.54, 1.807) is 0 Å². The van der Waals surface area contributed by atoms with E-state index in [0.717, 1.165) is 25.7 Å². The molecule has 9 atom stereocenters. The molecule has 0 aromatic carbocycles. The van der Waals surface area contributed by atoms with Crippen LogP contribution in [0.25, 0.3) is 0 Å². The molecule has 0 aliphatic heterocycles. The molecular weight excluding hydrogens is 420 g/mol. The zero-order valence-corrected chi connectivity index (χ0v) is 23.4. The molecule has 1 N–H and O–H groups in total. The van der Waals surface area contributed by atoms with Crippen LogP contribution in [-0.4, -0.2) is 42.8 Å². The Balaban J connectivity index is 1.47. The van der Waals surface area contributed by atoms with E-state index in [9.17, 15) is 9.59 Å². The smallest absolute Gasteiger partial charge is 0.222 e. The SMILES string of the molecule is CC(C)C(=O)NC1CCC23CC24C(=O)CC2(C)C(C(C)N(C)C)CCC2(C)C4CCC3C1(C)C. The van der Waals surface area contributed by atoms with Gasteiger partial charge in [-0.1, -0.05) is 41.5 Å². The molecule has 1 amide bonds. The maximum Gasteiger partial charge on any atom is 0.222 e. The molecule has 5 fully saturated rings. The summed E-state index contributed by atoms with van der Waals surface area (Å²) in [4.78, 5) is 29.3. The third-order valence-electron chi connectivity index (χ3n) is 13.2. The fourth-order valence-electron chi connectivity index (χ4n) is 10.8. The number of amides is 1. The monoisotopic (exact) mass is 470 g/mol. The lowest BCUT2D eigenvalue weighted by Crippen LogP contribution is -2.62. The van der Waals surface area contributed by atoms with Gasteiger partial charge in [0.15, 0.2) is 0 Å². The molecule has 4 nitrogen and oxygen atoms in total. The molecule has 0 heterocycles. The topological polar surface area (TPSA) is 49.4 Å². The second-order valence-electron chi connectivity index (χ2n) is 14.8. The molecule has 5 aliphatic carbocycles. The van der Waals surface area contributed by atoms with Crippen LogP contribution in [0, 0.1) is 50.7 Å². The van der Waals surface area contributed by atoms with Crippen molar-refractivity contribution in [1.82, 2.24) is 10.2 Å². The van der Waals surface area contributed by atoms with Crippen molar-refractivity contribution < 1.29 is 9.59 Å². The van der Waals surface area contributed by atoms with Gasteiger partial charge in [0.1, 0.15) is 5.78 Å². The minimum absolute atomic E-state index is 0.0205. The highest BCUT2D eigenvalue weighted by atomic mass is 16.2. The third-order valence-corrected chi connectivity index (χ3v) is 13.2. The molecule has 2 spiro atoms. The van der Waals surface area contributed by atoms with Gasteiger partial charge in [0.2, 0.25) is 5.91 Å². The molecule has 34 heavy (non-hydrogen) atoms. The number of carbonyl (C=O) groups is 2. The van der Waals surface area contributed by atoms with Crippen LogP contribution in [0.2, 0.25) is 0 Å². The third kappa shape index (κ3) is 2.76. The van der Waals surface area contributed by atoms with Crippen molar-refractivity contribution in [2.75, 3.05) is 14.1 Å². The van der Waals surface area contributed by atoms with Gasteiger partial charge in [-0.3, -0.25) is 9.59 Å².